The molecule has 1 nitrogen and oxygen atoms in total. The molecular formula is C20H21NS. The molecule has 4 rings (SSSR count). The molecule has 2 heteroatoms. The number of rotatable bonds is 0. The molecule has 2 aromatic rings. The highest BCUT2D eigenvalue weighted by Crippen LogP contribution is 2.46. The fourth-order valence-corrected chi connectivity index (χ4v) is 4.62. The third kappa shape index (κ3) is 2.41. The van der Waals surface area contributed by atoms with Crippen LogP contribution in [0.15, 0.2) is 52.3 Å². The Kier molecular flexibility index (Phi) is 3.59. The second-order valence-corrected chi connectivity index (χ2v) is 7.44. The lowest BCUT2D eigenvalue weighted by molar-refractivity contribution is 0.356. The number of benzene rings is 2. The van der Waals surface area contributed by atoms with Crippen molar-refractivity contribution in [2.45, 2.75) is 29.6 Å². The highest BCUT2D eigenvalue weighted by atomic mass is 32.2. The predicted octanol–water partition coefficient (Wildman–Crippen LogP) is 5.10. The van der Waals surface area contributed by atoms with Crippen LogP contribution in [-0.4, -0.2) is 25.0 Å². The summed E-state index contributed by atoms with van der Waals surface area (Å²) in [4.78, 5) is 5.27. The lowest BCUT2D eigenvalue weighted by atomic mass is 9.91. The Hall–Kier alpha value is -1.51. The van der Waals surface area contributed by atoms with Crippen molar-refractivity contribution in [3.8, 4) is 0 Å². The van der Waals surface area contributed by atoms with Crippen LogP contribution >= 0.6 is 11.8 Å². The van der Waals surface area contributed by atoms with Crippen LogP contribution in [0, 0.1) is 6.92 Å². The van der Waals surface area contributed by atoms with E-state index >= 15 is 0 Å². The van der Waals surface area contributed by atoms with Gasteiger partial charge in [-0.25, -0.2) is 0 Å². The Morgan fingerprint density at radius 1 is 0.864 bits per heavy atom. The number of aryl methyl sites for hydroxylation is 1. The van der Waals surface area contributed by atoms with Gasteiger partial charge in [-0.15, -0.1) is 0 Å². The first-order valence-corrected chi connectivity index (χ1v) is 8.83. The quantitative estimate of drug-likeness (QED) is 0.666. The Balaban J connectivity index is 1.98. The zero-order valence-corrected chi connectivity index (χ0v) is 14.0. The minimum atomic E-state index is 1.15. The van der Waals surface area contributed by atoms with Gasteiger partial charge in [-0.1, -0.05) is 47.7 Å². The summed E-state index contributed by atoms with van der Waals surface area (Å²) in [6, 6.07) is 15.8. The minimum Gasteiger partial charge on any atom is -0.306 e. The molecule has 0 amide bonds. The van der Waals surface area contributed by atoms with Gasteiger partial charge in [-0.05, 0) is 61.2 Å². The van der Waals surface area contributed by atoms with Crippen molar-refractivity contribution >= 4 is 22.9 Å². The summed E-state index contributed by atoms with van der Waals surface area (Å²) in [6.45, 7) is 4.50. The first-order valence-electron chi connectivity index (χ1n) is 8.01. The molecule has 0 N–H and O–H groups in total. The van der Waals surface area contributed by atoms with E-state index in [4.69, 9.17) is 0 Å². The summed E-state index contributed by atoms with van der Waals surface area (Å²) in [5.41, 5.74) is 7.41. The Labute approximate surface area is 137 Å². The summed E-state index contributed by atoms with van der Waals surface area (Å²) in [5.74, 6) is 0. The summed E-state index contributed by atoms with van der Waals surface area (Å²) in [5, 5.41) is 0. The number of fused-ring (bicyclic) bond motifs is 4. The fraction of sp³-hybridized carbons (Fsp3) is 0.300. The molecule has 2 aliphatic heterocycles. The number of hydrogen-bond acceptors (Lipinski definition) is 2. The van der Waals surface area contributed by atoms with Crippen LogP contribution in [0.4, 0.5) is 0 Å². The molecule has 2 aliphatic rings. The second-order valence-electron chi connectivity index (χ2n) is 6.36. The maximum atomic E-state index is 2.46. The highest BCUT2D eigenvalue weighted by molar-refractivity contribution is 7.99. The molecule has 0 unspecified atom stereocenters. The molecule has 0 radical (unpaired) electrons. The summed E-state index contributed by atoms with van der Waals surface area (Å²) < 4.78 is 0. The minimum absolute atomic E-state index is 1.15. The number of nitrogens with zero attached hydrogens (tertiary/aromatic N) is 1. The van der Waals surface area contributed by atoms with Crippen molar-refractivity contribution in [1.29, 1.82) is 0 Å². The largest absolute Gasteiger partial charge is 0.306 e. The van der Waals surface area contributed by atoms with Crippen LogP contribution in [0.3, 0.4) is 0 Å². The molecule has 0 saturated heterocycles. The monoisotopic (exact) mass is 307 g/mol. The Bertz CT molecular complexity index is 760. The smallest absolute Gasteiger partial charge is 0.0198 e. The third-order valence-corrected chi connectivity index (χ3v) is 5.90. The van der Waals surface area contributed by atoms with Crippen LogP contribution in [0.5, 0.6) is 0 Å². The van der Waals surface area contributed by atoms with Gasteiger partial charge in [0.05, 0.1) is 0 Å². The molecular weight excluding hydrogens is 286 g/mol. The molecule has 2 aromatic carbocycles. The van der Waals surface area contributed by atoms with Gasteiger partial charge >= 0.3 is 0 Å². The van der Waals surface area contributed by atoms with E-state index in [1.807, 2.05) is 11.8 Å². The molecule has 0 bridgehead atoms. The first-order chi connectivity index (χ1) is 10.7. The van der Waals surface area contributed by atoms with Crippen molar-refractivity contribution in [3.63, 3.8) is 0 Å². The fourth-order valence-electron chi connectivity index (χ4n) is 3.51. The lowest BCUT2D eigenvalue weighted by Crippen LogP contribution is -2.19. The van der Waals surface area contributed by atoms with E-state index in [1.54, 1.807) is 11.1 Å². The maximum absolute atomic E-state index is 2.46. The highest BCUT2D eigenvalue weighted by Gasteiger charge is 2.24. The zero-order valence-electron chi connectivity index (χ0n) is 13.2. The van der Waals surface area contributed by atoms with E-state index in [9.17, 15) is 0 Å². The Morgan fingerprint density at radius 3 is 2.36 bits per heavy atom. The topological polar surface area (TPSA) is 3.24 Å². The van der Waals surface area contributed by atoms with Gasteiger partial charge in [0.1, 0.15) is 0 Å². The molecule has 0 spiro atoms. The van der Waals surface area contributed by atoms with E-state index < -0.39 is 0 Å². The van der Waals surface area contributed by atoms with Gasteiger partial charge in [-0.2, -0.15) is 0 Å². The van der Waals surface area contributed by atoms with Crippen molar-refractivity contribution in [3.05, 3.63) is 59.2 Å². The van der Waals surface area contributed by atoms with Gasteiger partial charge in [-0.3, -0.25) is 0 Å². The molecule has 0 aromatic heterocycles. The molecule has 112 valence electrons. The standard InChI is InChI=1S/C20H21NS/c1-14-7-8-20-18(13-14)16-10-12-21(2)11-9-15(16)17-5-3-4-6-19(17)22-20/h3-8,13H,9-12H2,1-2H3. The molecule has 0 fully saturated rings. The first kappa shape index (κ1) is 14.1. The maximum Gasteiger partial charge on any atom is 0.0198 e. The van der Waals surface area contributed by atoms with E-state index in [2.05, 4.69) is 61.3 Å². The molecule has 22 heavy (non-hydrogen) atoms. The van der Waals surface area contributed by atoms with Crippen LogP contribution in [0.2, 0.25) is 0 Å². The van der Waals surface area contributed by atoms with Crippen molar-refractivity contribution in [2.24, 2.45) is 0 Å². The predicted molar refractivity (Wildman–Crippen MR) is 95.3 cm³/mol. The molecule has 0 aliphatic carbocycles. The van der Waals surface area contributed by atoms with E-state index in [0.717, 1.165) is 25.9 Å². The normalized spacial score (nSPS) is 18.1. The van der Waals surface area contributed by atoms with Crippen LogP contribution in [-0.2, 0) is 0 Å². The van der Waals surface area contributed by atoms with Crippen LogP contribution in [0.25, 0.3) is 11.1 Å². The summed E-state index contributed by atoms with van der Waals surface area (Å²) in [6.07, 6.45) is 2.30. The van der Waals surface area contributed by atoms with Gasteiger partial charge < -0.3 is 4.90 Å². The lowest BCUT2D eigenvalue weighted by Gasteiger charge is -2.14. The average molecular weight is 307 g/mol. The summed E-state index contributed by atoms with van der Waals surface area (Å²) in [7, 11) is 2.24. The zero-order chi connectivity index (χ0) is 15.1. The van der Waals surface area contributed by atoms with Gasteiger partial charge in [0, 0.05) is 22.9 Å². The van der Waals surface area contributed by atoms with Crippen LogP contribution in [0.1, 0.15) is 29.5 Å². The van der Waals surface area contributed by atoms with Crippen molar-refractivity contribution < 1.29 is 0 Å². The van der Waals surface area contributed by atoms with Crippen LogP contribution < -0.4 is 0 Å². The second kappa shape index (κ2) is 5.60. The van der Waals surface area contributed by atoms with Gasteiger partial charge in [0.2, 0.25) is 0 Å². The van der Waals surface area contributed by atoms with E-state index in [0.29, 0.717) is 0 Å². The van der Waals surface area contributed by atoms with Gasteiger partial charge in [0.25, 0.3) is 0 Å². The third-order valence-electron chi connectivity index (χ3n) is 4.74. The van der Waals surface area contributed by atoms with Gasteiger partial charge in [0.15, 0.2) is 0 Å². The molecule has 2 heterocycles. The van der Waals surface area contributed by atoms with E-state index in [1.165, 1.54) is 26.5 Å². The summed E-state index contributed by atoms with van der Waals surface area (Å²) >= 11 is 1.93. The number of hydrogen-bond donors (Lipinski definition) is 0. The molecule has 0 saturated carbocycles. The molecule has 0 atom stereocenters. The SMILES string of the molecule is Cc1ccc2c(c1)C1=C(CCN(C)CC1)c1ccccc1S2. The van der Waals surface area contributed by atoms with Crippen molar-refractivity contribution in [2.75, 3.05) is 20.1 Å². The van der Waals surface area contributed by atoms with E-state index in [-0.39, 0.29) is 0 Å². The Morgan fingerprint density at radius 2 is 1.55 bits per heavy atom. The average Bonchev–Trinajstić information content (AvgIpc) is 2.78. The van der Waals surface area contributed by atoms with Crippen molar-refractivity contribution in [1.82, 2.24) is 4.90 Å².